The zero-order valence-electron chi connectivity index (χ0n) is 12.2. The van der Waals surface area contributed by atoms with E-state index in [0.29, 0.717) is 11.3 Å². The predicted molar refractivity (Wildman–Crippen MR) is 79.2 cm³/mol. The van der Waals surface area contributed by atoms with Gasteiger partial charge in [-0.1, -0.05) is 18.1 Å². The van der Waals surface area contributed by atoms with Crippen LogP contribution in [0.25, 0.3) is 0 Å². The molecule has 1 aromatic carbocycles. The van der Waals surface area contributed by atoms with Crippen LogP contribution in [-0.2, 0) is 6.54 Å². The molecule has 1 atom stereocenters. The van der Waals surface area contributed by atoms with E-state index in [9.17, 15) is 0 Å². The summed E-state index contributed by atoms with van der Waals surface area (Å²) in [4.78, 5) is 2.46. The van der Waals surface area contributed by atoms with Gasteiger partial charge < -0.3 is 15.7 Å². The Balaban J connectivity index is 2.13. The van der Waals surface area contributed by atoms with E-state index >= 15 is 0 Å². The quantitative estimate of drug-likeness (QED) is 0.382. The van der Waals surface area contributed by atoms with Gasteiger partial charge in [-0.3, -0.25) is 4.90 Å². The van der Waals surface area contributed by atoms with Crippen molar-refractivity contribution in [2.75, 3.05) is 20.2 Å². The van der Waals surface area contributed by atoms with Crippen molar-refractivity contribution in [3.63, 3.8) is 0 Å². The Bertz CT molecular complexity index is 488. The maximum Gasteiger partial charge on any atom is 0.173 e. The van der Waals surface area contributed by atoms with Crippen molar-refractivity contribution in [1.82, 2.24) is 4.90 Å². The predicted octanol–water partition coefficient (Wildman–Crippen LogP) is 2.02. The highest BCUT2D eigenvalue weighted by Gasteiger charge is 2.17. The van der Waals surface area contributed by atoms with Gasteiger partial charge in [0, 0.05) is 13.1 Å². The number of ether oxygens (including phenoxy) is 1. The summed E-state index contributed by atoms with van der Waals surface area (Å²) >= 11 is 0. The molecule has 3 N–H and O–H groups in total. The highest BCUT2D eigenvalue weighted by atomic mass is 16.5. The number of hydrogen-bond acceptors (Lipinski definition) is 4. The van der Waals surface area contributed by atoms with E-state index < -0.39 is 0 Å². The van der Waals surface area contributed by atoms with Crippen molar-refractivity contribution in [1.29, 1.82) is 0 Å². The van der Waals surface area contributed by atoms with Crippen LogP contribution < -0.4 is 10.5 Å². The highest BCUT2D eigenvalue weighted by Crippen LogP contribution is 2.23. The Hall–Kier alpha value is -1.75. The van der Waals surface area contributed by atoms with Crippen molar-refractivity contribution in [3.8, 4) is 5.75 Å². The molecule has 1 fully saturated rings. The number of likely N-dealkylation sites (tertiary alicyclic amines) is 1. The van der Waals surface area contributed by atoms with Crippen molar-refractivity contribution in [2.24, 2.45) is 16.8 Å². The van der Waals surface area contributed by atoms with Crippen LogP contribution in [0, 0.1) is 5.92 Å². The lowest BCUT2D eigenvalue weighted by Gasteiger charge is -2.30. The van der Waals surface area contributed by atoms with Crippen molar-refractivity contribution < 1.29 is 9.94 Å². The summed E-state index contributed by atoms with van der Waals surface area (Å²) in [6.45, 7) is 5.50. The van der Waals surface area contributed by atoms with Gasteiger partial charge in [0.15, 0.2) is 5.84 Å². The Morgan fingerprint density at radius 3 is 3.00 bits per heavy atom. The molecule has 1 saturated heterocycles. The number of methoxy groups -OCH3 is 1. The molecule has 1 heterocycles. The van der Waals surface area contributed by atoms with E-state index in [2.05, 4.69) is 17.0 Å². The molecule has 1 unspecified atom stereocenters. The van der Waals surface area contributed by atoms with Crippen molar-refractivity contribution in [2.45, 2.75) is 26.3 Å². The van der Waals surface area contributed by atoms with E-state index in [1.807, 2.05) is 18.2 Å². The second-order valence-electron chi connectivity index (χ2n) is 5.50. The van der Waals surface area contributed by atoms with Crippen molar-refractivity contribution >= 4 is 5.84 Å². The average molecular weight is 277 g/mol. The van der Waals surface area contributed by atoms with Crippen LogP contribution in [0.2, 0.25) is 0 Å². The van der Waals surface area contributed by atoms with Crippen LogP contribution in [0.3, 0.4) is 0 Å². The molecule has 1 aliphatic heterocycles. The molecule has 5 heteroatoms. The monoisotopic (exact) mass is 277 g/mol. The summed E-state index contributed by atoms with van der Waals surface area (Å²) in [6, 6.07) is 5.82. The molecule has 2 rings (SSSR count). The first-order valence-electron chi connectivity index (χ1n) is 7.01. The lowest BCUT2D eigenvalue weighted by Crippen LogP contribution is -2.33. The molecular weight excluding hydrogens is 254 g/mol. The zero-order chi connectivity index (χ0) is 14.5. The lowest BCUT2D eigenvalue weighted by molar-refractivity contribution is 0.176. The zero-order valence-corrected chi connectivity index (χ0v) is 12.2. The number of piperidine rings is 1. The van der Waals surface area contributed by atoms with Gasteiger partial charge in [-0.2, -0.15) is 0 Å². The van der Waals surface area contributed by atoms with E-state index in [1.165, 1.54) is 18.4 Å². The number of hydrogen-bond donors (Lipinski definition) is 2. The summed E-state index contributed by atoms with van der Waals surface area (Å²) < 4.78 is 5.33. The largest absolute Gasteiger partial charge is 0.496 e. The average Bonchev–Trinajstić information content (AvgIpc) is 2.46. The van der Waals surface area contributed by atoms with Crippen LogP contribution >= 0.6 is 0 Å². The summed E-state index contributed by atoms with van der Waals surface area (Å²) in [5.74, 6) is 1.48. The third kappa shape index (κ3) is 3.42. The molecule has 0 aromatic heterocycles. The van der Waals surface area contributed by atoms with Gasteiger partial charge in [0.25, 0.3) is 0 Å². The third-order valence-corrected chi connectivity index (χ3v) is 3.80. The second kappa shape index (κ2) is 6.61. The second-order valence-corrected chi connectivity index (χ2v) is 5.50. The Morgan fingerprint density at radius 1 is 1.55 bits per heavy atom. The van der Waals surface area contributed by atoms with Gasteiger partial charge in [0.2, 0.25) is 0 Å². The van der Waals surface area contributed by atoms with E-state index in [0.717, 1.165) is 25.6 Å². The molecule has 0 spiro atoms. The number of nitrogens with two attached hydrogens (primary N) is 1. The fourth-order valence-corrected chi connectivity index (χ4v) is 2.79. The minimum Gasteiger partial charge on any atom is -0.496 e. The van der Waals surface area contributed by atoms with Gasteiger partial charge in [-0.05, 0) is 43.0 Å². The molecule has 0 bridgehead atoms. The topological polar surface area (TPSA) is 71.1 Å². The molecule has 110 valence electrons. The maximum absolute atomic E-state index is 8.77. The summed E-state index contributed by atoms with van der Waals surface area (Å²) in [6.07, 6.45) is 2.59. The van der Waals surface area contributed by atoms with Gasteiger partial charge in [-0.15, -0.1) is 0 Å². The fraction of sp³-hybridized carbons (Fsp3) is 0.533. The first-order valence-corrected chi connectivity index (χ1v) is 7.01. The molecule has 0 radical (unpaired) electrons. The van der Waals surface area contributed by atoms with Gasteiger partial charge >= 0.3 is 0 Å². The number of oxime groups is 1. The van der Waals surface area contributed by atoms with Crippen LogP contribution in [0.1, 0.15) is 30.9 Å². The van der Waals surface area contributed by atoms with Gasteiger partial charge in [0.05, 0.1) is 12.7 Å². The lowest BCUT2D eigenvalue weighted by atomic mass is 9.99. The van der Waals surface area contributed by atoms with Crippen LogP contribution in [0.5, 0.6) is 5.75 Å². The highest BCUT2D eigenvalue weighted by molar-refractivity contribution is 5.99. The summed E-state index contributed by atoms with van der Waals surface area (Å²) in [5.41, 5.74) is 7.43. The number of nitrogens with zero attached hydrogens (tertiary/aromatic N) is 2. The van der Waals surface area contributed by atoms with Gasteiger partial charge in [-0.25, -0.2) is 0 Å². The standard InChI is InChI=1S/C15H23N3O2/c1-11-4-3-7-18(9-11)10-12-5-6-13(15(16)17-19)14(8-12)20-2/h5-6,8,11,19H,3-4,7,9-10H2,1-2H3,(H2,16,17). The number of amidine groups is 1. The maximum atomic E-state index is 8.77. The van der Waals surface area contributed by atoms with E-state index in [-0.39, 0.29) is 5.84 Å². The molecule has 5 nitrogen and oxygen atoms in total. The fourth-order valence-electron chi connectivity index (χ4n) is 2.79. The first kappa shape index (κ1) is 14.7. The normalized spacial score (nSPS) is 20.9. The Labute approximate surface area is 120 Å². The SMILES string of the molecule is COc1cc(CN2CCCC(C)C2)ccc1/C(N)=N/O. The smallest absolute Gasteiger partial charge is 0.173 e. The first-order chi connectivity index (χ1) is 9.63. The molecule has 0 saturated carbocycles. The number of rotatable bonds is 4. The summed E-state index contributed by atoms with van der Waals surface area (Å²) in [7, 11) is 1.59. The minimum absolute atomic E-state index is 0.0694. The Kier molecular flexibility index (Phi) is 4.84. The molecule has 1 aliphatic rings. The van der Waals surface area contributed by atoms with Crippen LogP contribution in [0.4, 0.5) is 0 Å². The van der Waals surface area contributed by atoms with E-state index in [1.54, 1.807) is 7.11 Å². The van der Waals surface area contributed by atoms with Crippen LogP contribution in [-0.4, -0.2) is 36.1 Å². The minimum atomic E-state index is 0.0694. The van der Waals surface area contributed by atoms with E-state index in [4.69, 9.17) is 15.7 Å². The molecule has 0 aliphatic carbocycles. The third-order valence-electron chi connectivity index (χ3n) is 3.80. The summed E-state index contributed by atoms with van der Waals surface area (Å²) in [5, 5.41) is 11.8. The van der Waals surface area contributed by atoms with Crippen molar-refractivity contribution in [3.05, 3.63) is 29.3 Å². The molecule has 0 amide bonds. The number of benzene rings is 1. The molecule has 20 heavy (non-hydrogen) atoms. The van der Waals surface area contributed by atoms with Gasteiger partial charge in [0.1, 0.15) is 5.75 Å². The Morgan fingerprint density at radius 2 is 2.35 bits per heavy atom. The van der Waals surface area contributed by atoms with Crippen LogP contribution in [0.15, 0.2) is 23.4 Å². The molecular formula is C15H23N3O2. The molecule has 1 aromatic rings.